The van der Waals surface area contributed by atoms with Crippen LogP contribution in [0, 0.1) is 13.8 Å². The molecule has 0 spiro atoms. The minimum Gasteiger partial charge on any atom is -0.471 e. The first-order chi connectivity index (χ1) is 12.7. The van der Waals surface area contributed by atoms with Crippen molar-refractivity contribution in [3.05, 3.63) is 65.1 Å². The predicted molar refractivity (Wildman–Crippen MR) is 99.9 cm³/mol. The largest absolute Gasteiger partial charge is 0.471 e. The minimum atomic E-state index is 0.414. The Morgan fingerprint density at radius 2 is 1.81 bits per heavy atom. The summed E-state index contributed by atoms with van der Waals surface area (Å²) >= 11 is 0. The van der Waals surface area contributed by atoms with E-state index in [0.717, 1.165) is 46.9 Å². The minimum absolute atomic E-state index is 0.414. The van der Waals surface area contributed by atoms with E-state index in [9.17, 15) is 0 Å². The van der Waals surface area contributed by atoms with Crippen LogP contribution in [-0.2, 0) is 19.4 Å². The summed E-state index contributed by atoms with van der Waals surface area (Å²) in [7, 11) is 0. The fourth-order valence-corrected chi connectivity index (χ4v) is 3.37. The molecule has 0 unspecified atom stereocenters. The zero-order chi connectivity index (χ0) is 17.9. The van der Waals surface area contributed by atoms with Gasteiger partial charge in [0.15, 0.2) is 0 Å². The average Bonchev–Trinajstić information content (AvgIpc) is 2.66. The average molecular weight is 346 g/mol. The Morgan fingerprint density at radius 1 is 1.00 bits per heavy atom. The summed E-state index contributed by atoms with van der Waals surface area (Å²) in [5, 5.41) is 0. The van der Waals surface area contributed by atoms with Crippen LogP contribution in [0.3, 0.4) is 0 Å². The summed E-state index contributed by atoms with van der Waals surface area (Å²) in [4.78, 5) is 18.0. The van der Waals surface area contributed by atoms with Crippen LogP contribution < -0.4 is 4.74 Å². The summed E-state index contributed by atoms with van der Waals surface area (Å²) in [5.41, 5.74) is 6.51. The molecule has 0 radical (unpaired) electrons. The maximum Gasteiger partial charge on any atom is 0.214 e. The lowest BCUT2D eigenvalue weighted by molar-refractivity contribution is 0.288. The number of pyridine rings is 2. The Kier molecular flexibility index (Phi) is 4.61. The smallest absolute Gasteiger partial charge is 0.214 e. The standard InChI is InChI=1S/C21H22N4O/c1-14-6-5-7-17(24-14)13-26-21-10-19(16-11-22-15(2)23-12-16)18-8-3-4-9-20(18)25-21/h5-7,10-12H,3-4,8-9,13H2,1-2H3. The maximum atomic E-state index is 5.98. The molecule has 5 nitrogen and oxygen atoms in total. The van der Waals surface area contributed by atoms with Crippen molar-refractivity contribution in [2.45, 2.75) is 46.1 Å². The van der Waals surface area contributed by atoms with E-state index in [-0.39, 0.29) is 0 Å². The Morgan fingerprint density at radius 3 is 2.62 bits per heavy atom. The van der Waals surface area contributed by atoms with Gasteiger partial charge >= 0.3 is 0 Å². The predicted octanol–water partition coefficient (Wildman–Crippen LogP) is 4.01. The first-order valence-electron chi connectivity index (χ1n) is 9.06. The fourth-order valence-electron chi connectivity index (χ4n) is 3.37. The van der Waals surface area contributed by atoms with Crippen LogP contribution in [0.15, 0.2) is 36.7 Å². The monoisotopic (exact) mass is 346 g/mol. The Bertz CT molecular complexity index is 922. The lowest BCUT2D eigenvalue weighted by Crippen LogP contribution is -2.10. The summed E-state index contributed by atoms with van der Waals surface area (Å²) in [6.45, 7) is 4.29. The van der Waals surface area contributed by atoms with E-state index in [1.165, 1.54) is 18.4 Å². The van der Waals surface area contributed by atoms with Crippen molar-refractivity contribution in [1.29, 1.82) is 0 Å². The fraction of sp³-hybridized carbons (Fsp3) is 0.333. The lowest BCUT2D eigenvalue weighted by atomic mass is 9.90. The molecule has 4 rings (SSSR count). The van der Waals surface area contributed by atoms with E-state index >= 15 is 0 Å². The normalized spacial score (nSPS) is 13.3. The van der Waals surface area contributed by atoms with Crippen molar-refractivity contribution in [1.82, 2.24) is 19.9 Å². The highest BCUT2D eigenvalue weighted by atomic mass is 16.5. The van der Waals surface area contributed by atoms with Crippen LogP contribution in [0.4, 0.5) is 0 Å². The number of hydrogen-bond acceptors (Lipinski definition) is 5. The molecule has 0 atom stereocenters. The molecule has 0 saturated carbocycles. The van der Waals surface area contributed by atoms with Crippen molar-refractivity contribution in [2.24, 2.45) is 0 Å². The summed E-state index contributed by atoms with van der Waals surface area (Å²) in [6.07, 6.45) is 8.19. The van der Waals surface area contributed by atoms with Crippen molar-refractivity contribution >= 4 is 0 Å². The van der Waals surface area contributed by atoms with Gasteiger partial charge in [-0.25, -0.2) is 15.0 Å². The van der Waals surface area contributed by atoms with Crippen LogP contribution >= 0.6 is 0 Å². The van der Waals surface area contributed by atoms with E-state index in [1.54, 1.807) is 0 Å². The van der Waals surface area contributed by atoms with E-state index in [0.29, 0.717) is 12.5 Å². The van der Waals surface area contributed by atoms with E-state index in [1.807, 2.05) is 50.5 Å². The molecular formula is C21H22N4O. The van der Waals surface area contributed by atoms with Crippen LogP contribution in [0.5, 0.6) is 5.88 Å². The molecule has 3 aromatic heterocycles. The number of aromatic nitrogens is 4. The SMILES string of the molecule is Cc1cccc(COc2cc(-c3cnc(C)nc3)c3c(n2)CCCC3)n1. The molecule has 0 fully saturated rings. The van der Waals surface area contributed by atoms with Crippen molar-refractivity contribution in [3.8, 4) is 17.0 Å². The lowest BCUT2D eigenvalue weighted by Gasteiger charge is -2.20. The van der Waals surface area contributed by atoms with Crippen LogP contribution in [0.2, 0.25) is 0 Å². The quantitative estimate of drug-likeness (QED) is 0.714. The molecular weight excluding hydrogens is 324 g/mol. The van der Waals surface area contributed by atoms with Crippen molar-refractivity contribution in [2.75, 3.05) is 0 Å². The van der Waals surface area contributed by atoms with Crippen molar-refractivity contribution < 1.29 is 4.74 Å². The highest BCUT2D eigenvalue weighted by molar-refractivity contribution is 5.68. The molecule has 1 aliphatic rings. The van der Waals surface area contributed by atoms with Gasteiger partial charge in [0.1, 0.15) is 12.4 Å². The van der Waals surface area contributed by atoms with Gasteiger partial charge in [-0.2, -0.15) is 0 Å². The first-order valence-corrected chi connectivity index (χ1v) is 9.06. The number of aryl methyl sites for hydroxylation is 3. The van der Waals surface area contributed by atoms with Gasteiger partial charge < -0.3 is 4.74 Å². The van der Waals surface area contributed by atoms with Gasteiger partial charge in [0.25, 0.3) is 0 Å². The Labute approximate surface area is 153 Å². The van der Waals surface area contributed by atoms with E-state index in [2.05, 4.69) is 15.0 Å². The molecule has 132 valence electrons. The Balaban J connectivity index is 1.67. The summed E-state index contributed by atoms with van der Waals surface area (Å²) in [6, 6.07) is 7.97. The van der Waals surface area contributed by atoms with Gasteiger partial charge in [-0.1, -0.05) is 6.07 Å². The zero-order valence-electron chi connectivity index (χ0n) is 15.2. The van der Waals surface area contributed by atoms with Gasteiger partial charge in [0.05, 0.1) is 5.69 Å². The van der Waals surface area contributed by atoms with Crippen LogP contribution in [0.25, 0.3) is 11.1 Å². The number of hydrogen-bond donors (Lipinski definition) is 0. The van der Waals surface area contributed by atoms with Crippen LogP contribution in [0.1, 0.15) is 41.3 Å². The second kappa shape index (κ2) is 7.20. The molecule has 0 saturated heterocycles. The molecule has 0 bridgehead atoms. The molecule has 0 amide bonds. The molecule has 0 aromatic carbocycles. The van der Waals surface area contributed by atoms with Gasteiger partial charge in [0, 0.05) is 35.4 Å². The second-order valence-corrected chi connectivity index (χ2v) is 6.72. The zero-order valence-corrected chi connectivity index (χ0v) is 15.2. The molecule has 0 N–H and O–H groups in total. The maximum absolute atomic E-state index is 5.98. The number of ether oxygens (including phenoxy) is 1. The third-order valence-electron chi connectivity index (χ3n) is 4.68. The number of rotatable bonds is 4. The highest BCUT2D eigenvalue weighted by Gasteiger charge is 2.18. The topological polar surface area (TPSA) is 60.8 Å². The molecule has 1 aliphatic carbocycles. The van der Waals surface area contributed by atoms with Gasteiger partial charge in [-0.05, 0) is 62.8 Å². The van der Waals surface area contributed by atoms with Gasteiger partial charge in [0.2, 0.25) is 5.88 Å². The van der Waals surface area contributed by atoms with E-state index in [4.69, 9.17) is 9.72 Å². The van der Waals surface area contributed by atoms with Crippen LogP contribution in [-0.4, -0.2) is 19.9 Å². The second-order valence-electron chi connectivity index (χ2n) is 6.72. The number of nitrogens with zero attached hydrogens (tertiary/aromatic N) is 4. The third kappa shape index (κ3) is 3.57. The molecule has 0 aliphatic heterocycles. The Hall–Kier alpha value is -2.82. The molecule has 26 heavy (non-hydrogen) atoms. The van der Waals surface area contributed by atoms with Crippen molar-refractivity contribution in [3.63, 3.8) is 0 Å². The number of fused-ring (bicyclic) bond motifs is 1. The summed E-state index contributed by atoms with van der Waals surface area (Å²) in [5.74, 6) is 1.42. The highest BCUT2D eigenvalue weighted by Crippen LogP contribution is 2.33. The molecule has 3 aromatic rings. The molecule has 5 heteroatoms. The first kappa shape index (κ1) is 16.6. The van der Waals surface area contributed by atoms with Gasteiger partial charge in [-0.3, -0.25) is 4.98 Å². The summed E-state index contributed by atoms with van der Waals surface area (Å²) < 4.78 is 5.98. The third-order valence-corrected chi connectivity index (χ3v) is 4.68. The van der Waals surface area contributed by atoms with E-state index < -0.39 is 0 Å². The molecule has 3 heterocycles. The van der Waals surface area contributed by atoms with Gasteiger partial charge in [-0.15, -0.1) is 0 Å².